The molecule has 0 heterocycles. The zero-order valence-electron chi connectivity index (χ0n) is 6.91. The maximum atomic E-state index is 10.0. The Morgan fingerprint density at radius 2 is 0.917 bits per heavy atom. The molecule has 0 bridgehead atoms. The van der Waals surface area contributed by atoms with E-state index in [2.05, 4.69) is 0 Å². The van der Waals surface area contributed by atoms with Gasteiger partial charge >= 0.3 is 15.2 Å². The molecule has 0 aromatic heterocycles. The first-order valence-electron chi connectivity index (χ1n) is 2.30. The van der Waals surface area contributed by atoms with Crippen molar-refractivity contribution in [2.75, 3.05) is 12.3 Å². The SMILES string of the molecule is O=P(O)(O)CCP(=O)(O)O.[Na].[Na]. The normalized spacial score (nSPS) is 11.3. The Labute approximate surface area is 114 Å². The van der Waals surface area contributed by atoms with E-state index in [9.17, 15) is 9.13 Å². The quantitative estimate of drug-likeness (QED) is 0.353. The topological polar surface area (TPSA) is 115 Å². The Kier molecular flexibility index (Phi) is 12.5. The van der Waals surface area contributed by atoms with Crippen LogP contribution in [0, 0.1) is 0 Å². The van der Waals surface area contributed by atoms with Gasteiger partial charge in [0.05, 0.1) is 12.3 Å². The Morgan fingerprint density at radius 3 is 1.00 bits per heavy atom. The summed E-state index contributed by atoms with van der Waals surface area (Å²) >= 11 is 0. The predicted molar refractivity (Wildman–Crippen MR) is 45.3 cm³/mol. The monoisotopic (exact) mass is 236 g/mol. The molecule has 2 radical (unpaired) electrons. The van der Waals surface area contributed by atoms with Crippen LogP contribution < -0.4 is 0 Å². The largest absolute Gasteiger partial charge is 0.326 e. The first-order valence-corrected chi connectivity index (χ1v) is 5.89. The summed E-state index contributed by atoms with van der Waals surface area (Å²) in [6, 6.07) is 0. The van der Waals surface area contributed by atoms with Gasteiger partial charge in [-0.25, -0.2) is 0 Å². The van der Waals surface area contributed by atoms with Crippen LogP contribution in [0.15, 0.2) is 0 Å². The van der Waals surface area contributed by atoms with E-state index < -0.39 is 27.5 Å². The van der Waals surface area contributed by atoms with Gasteiger partial charge in [-0.05, 0) is 0 Å². The molecule has 0 saturated carbocycles. The van der Waals surface area contributed by atoms with Gasteiger partial charge in [0, 0.05) is 59.1 Å². The third-order valence-corrected chi connectivity index (χ3v) is 2.65. The first-order chi connectivity index (χ1) is 4.21. The molecule has 0 saturated heterocycles. The predicted octanol–water partition coefficient (Wildman–Crippen LogP) is -1.42. The Morgan fingerprint density at radius 1 is 0.750 bits per heavy atom. The van der Waals surface area contributed by atoms with E-state index in [-0.39, 0.29) is 59.1 Å². The van der Waals surface area contributed by atoms with E-state index in [1.165, 1.54) is 0 Å². The molecule has 0 aromatic rings. The molecule has 0 fully saturated rings. The van der Waals surface area contributed by atoms with Gasteiger partial charge in [0.2, 0.25) is 0 Å². The van der Waals surface area contributed by atoms with Crippen LogP contribution in [0.25, 0.3) is 0 Å². The minimum Gasteiger partial charge on any atom is -0.324 e. The molecule has 0 aliphatic rings. The Balaban J connectivity index is -0.000000405. The zero-order chi connectivity index (χ0) is 8.41. The summed E-state index contributed by atoms with van der Waals surface area (Å²) in [5, 5.41) is 0. The van der Waals surface area contributed by atoms with Gasteiger partial charge in [-0.1, -0.05) is 0 Å². The molecular weight excluding hydrogens is 228 g/mol. The molecule has 0 rings (SSSR count). The summed E-state index contributed by atoms with van der Waals surface area (Å²) in [7, 11) is -8.51. The van der Waals surface area contributed by atoms with Crippen LogP contribution >= 0.6 is 15.2 Å². The Bertz CT molecular complexity index is 172. The summed E-state index contributed by atoms with van der Waals surface area (Å²) in [5.74, 6) is 0. The number of rotatable bonds is 3. The van der Waals surface area contributed by atoms with E-state index in [4.69, 9.17) is 19.6 Å². The van der Waals surface area contributed by atoms with E-state index in [1.54, 1.807) is 0 Å². The molecule has 0 aliphatic carbocycles. The van der Waals surface area contributed by atoms with E-state index in [0.717, 1.165) is 0 Å². The molecule has 0 atom stereocenters. The molecule has 0 aromatic carbocycles. The number of hydrogen-bond donors (Lipinski definition) is 4. The fourth-order valence-electron chi connectivity index (χ4n) is 0.261. The molecular formula is C2H8Na2O6P2. The van der Waals surface area contributed by atoms with Crippen LogP contribution in [0.4, 0.5) is 0 Å². The van der Waals surface area contributed by atoms with Gasteiger partial charge in [-0.2, -0.15) is 0 Å². The van der Waals surface area contributed by atoms with Crippen molar-refractivity contribution in [3.63, 3.8) is 0 Å². The van der Waals surface area contributed by atoms with E-state index in [0.29, 0.717) is 0 Å². The van der Waals surface area contributed by atoms with Gasteiger partial charge in [0.1, 0.15) is 0 Å². The van der Waals surface area contributed by atoms with Crippen LogP contribution in [0.2, 0.25) is 0 Å². The van der Waals surface area contributed by atoms with Gasteiger partial charge in [-0.15, -0.1) is 0 Å². The maximum absolute atomic E-state index is 10.0. The van der Waals surface area contributed by atoms with Crippen molar-refractivity contribution in [2.24, 2.45) is 0 Å². The molecule has 0 aliphatic heterocycles. The summed E-state index contributed by atoms with van der Waals surface area (Å²) in [5.41, 5.74) is 0. The fraction of sp³-hybridized carbons (Fsp3) is 1.00. The van der Waals surface area contributed by atoms with Crippen LogP contribution in [0.5, 0.6) is 0 Å². The average molecular weight is 236 g/mol. The Hall–Kier alpha value is 2.30. The van der Waals surface area contributed by atoms with Gasteiger partial charge < -0.3 is 19.6 Å². The second kappa shape index (κ2) is 7.57. The van der Waals surface area contributed by atoms with Crippen LogP contribution in [0.1, 0.15) is 0 Å². The summed E-state index contributed by atoms with van der Waals surface area (Å²) in [6.07, 6.45) is -1.53. The summed E-state index contributed by atoms with van der Waals surface area (Å²) in [4.78, 5) is 32.6. The van der Waals surface area contributed by atoms with Crippen molar-refractivity contribution >= 4 is 74.3 Å². The van der Waals surface area contributed by atoms with Gasteiger partial charge in [0.25, 0.3) is 0 Å². The second-order valence-electron chi connectivity index (χ2n) is 1.78. The fourth-order valence-corrected chi connectivity index (χ4v) is 2.34. The average Bonchev–Trinajstić information content (AvgIpc) is 1.57. The second-order valence-corrected chi connectivity index (χ2v) is 5.33. The molecule has 0 amide bonds. The van der Waals surface area contributed by atoms with Crippen molar-refractivity contribution in [3.8, 4) is 0 Å². The van der Waals surface area contributed by atoms with Crippen molar-refractivity contribution in [2.45, 2.75) is 0 Å². The summed E-state index contributed by atoms with van der Waals surface area (Å²) < 4.78 is 20.1. The van der Waals surface area contributed by atoms with Crippen LogP contribution in [-0.2, 0) is 9.13 Å². The van der Waals surface area contributed by atoms with Crippen LogP contribution in [0.3, 0.4) is 0 Å². The van der Waals surface area contributed by atoms with E-state index in [1.807, 2.05) is 0 Å². The van der Waals surface area contributed by atoms with Crippen molar-refractivity contribution < 1.29 is 28.7 Å². The van der Waals surface area contributed by atoms with E-state index >= 15 is 0 Å². The number of hydrogen-bond acceptors (Lipinski definition) is 2. The van der Waals surface area contributed by atoms with Crippen molar-refractivity contribution in [1.29, 1.82) is 0 Å². The maximum Gasteiger partial charge on any atom is 0.326 e. The molecule has 10 heteroatoms. The van der Waals surface area contributed by atoms with Crippen molar-refractivity contribution in [3.05, 3.63) is 0 Å². The molecule has 4 N–H and O–H groups in total. The van der Waals surface area contributed by atoms with Gasteiger partial charge in [0.15, 0.2) is 0 Å². The first kappa shape index (κ1) is 19.8. The van der Waals surface area contributed by atoms with Crippen LogP contribution in [-0.4, -0.2) is 91.0 Å². The molecule has 6 nitrogen and oxygen atoms in total. The third kappa shape index (κ3) is 18.2. The molecule has 0 unspecified atom stereocenters. The standard InChI is InChI=1S/C2H8O6P2.2Na/c3-9(4,5)1-2-10(6,7)8;;/h1-2H2,(H2,3,4,5)(H2,6,7,8);;. The minimum atomic E-state index is -4.25. The minimum absolute atomic E-state index is 0. The van der Waals surface area contributed by atoms with Gasteiger partial charge in [-0.3, -0.25) is 9.13 Å². The zero-order valence-corrected chi connectivity index (χ0v) is 12.7. The summed E-state index contributed by atoms with van der Waals surface area (Å²) in [6.45, 7) is 0. The molecule has 12 heavy (non-hydrogen) atoms. The molecule has 0 spiro atoms. The smallest absolute Gasteiger partial charge is 0.324 e. The molecule has 64 valence electrons. The third-order valence-electron chi connectivity index (χ3n) is 0.683. The van der Waals surface area contributed by atoms with Crippen molar-refractivity contribution in [1.82, 2.24) is 0 Å².